The van der Waals surface area contributed by atoms with Crippen molar-refractivity contribution < 1.29 is 19.2 Å². The van der Waals surface area contributed by atoms with Crippen LogP contribution < -0.4 is 5.32 Å². The van der Waals surface area contributed by atoms with Crippen molar-refractivity contribution in [3.63, 3.8) is 0 Å². The highest BCUT2D eigenvalue weighted by atomic mass is 16.7. The van der Waals surface area contributed by atoms with Crippen LogP contribution in [0.3, 0.4) is 0 Å². The van der Waals surface area contributed by atoms with E-state index >= 15 is 0 Å². The Morgan fingerprint density at radius 3 is 2.40 bits per heavy atom. The number of hydroxylamine groups is 2. The molecule has 0 atom stereocenters. The third-order valence-electron chi connectivity index (χ3n) is 3.39. The number of hydrogen-bond acceptors (Lipinski definition) is 4. The number of rotatable bonds is 5. The molecule has 0 bridgehead atoms. The molecule has 0 heterocycles. The van der Waals surface area contributed by atoms with Crippen molar-refractivity contribution in [3.05, 3.63) is 0 Å². The van der Waals surface area contributed by atoms with Crippen LogP contribution in [-0.4, -0.2) is 43.4 Å². The van der Waals surface area contributed by atoms with Crippen LogP contribution in [0.2, 0.25) is 0 Å². The number of carbonyl (C=O) groups is 2. The molecule has 0 aromatic rings. The lowest BCUT2D eigenvalue weighted by atomic mass is 9.73. The van der Waals surface area contributed by atoms with Gasteiger partial charge in [0.2, 0.25) is 5.91 Å². The summed E-state index contributed by atoms with van der Waals surface area (Å²) < 4.78 is 5.15. The maximum Gasteiger partial charge on any atom is 0.407 e. The first kappa shape index (κ1) is 16.8. The summed E-state index contributed by atoms with van der Waals surface area (Å²) in [6, 6.07) is 0. The van der Waals surface area contributed by atoms with Gasteiger partial charge in [0.25, 0.3) is 0 Å². The molecule has 0 radical (unpaired) electrons. The second kappa shape index (κ2) is 6.92. The average Bonchev–Trinajstić information content (AvgIpc) is 2.27. The molecule has 1 aliphatic carbocycles. The summed E-state index contributed by atoms with van der Waals surface area (Å²) in [5, 5.41) is 4.01. The second-order valence-corrected chi connectivity index (χ2v) is 6.27. The molecular weight excluding hydrogens is 260 g/mol. The first-order chi connectivity index (χ1) is 9.23. The lowest BCUT2D eigenvalue weighted by molar-refractivity contribution is -0.177. The monoisotopic (exact) mass is 286 g/mol. The van der Waals surface area contributed by atoms with Gasteiger partial charge >= 0.3 is 6.09 Å². The second-order valence-electron chi connectivity index (χ2n) is 6.27. The van der Waals surface area contributed by atoms with E-state index in [4.69, 9.17) is 9.57 Å². The molecule has 6 nitrogen and oxygen atoms in total. The molecule has 1 rings (SSSR count). The largest absolute Gasteiger partial charge is 0.444 e. The van der Waals surface area contributed by atoms with E-state index in [1.165, 1.54) is 12.2 Å². The molecule has 0 spiro atoms. The standard InChI is InChI=1S/C14H26N2O4/c1-14(2,3)20-13(18)15-7-6-10-8-11(9-10)12(17)16(4)19-5/h10-11H,6-9H2,1-5H3,(H,15,18). The van der Waals surface area contributed by atoms with E-state index in [1.807, 2.05) is 20.8 Å². The van der Waals surface area contributed by atoms with Crippen molar-refractivity contribution in [1.29, 1.82) is 0 Å². The highest BCUT2D eigenvalue weighted by Crippen LogP contribution is 2.36. The predicted octanol–water partition coefficient (Wildman–Crippen LogP) is 1.95. The summed E-state index contributed by atoms with van der Waals surface area (Å²) >= 11 is 0. The maximum atomic E-state index is 11.8. The Bertz CT molecular complexity index is 346. The zero-order valence-corrected chi connectivity index (χ0v) is 13.1. The van der Waals surface area contributed by atoms with Gasteiger partial charge in [-0.2, -0.15) is 0 Å². The molecule has 6 heteroatoms. The number of ether oxygens (including phenoxy) is 1. The van der Waals surface area contributed by atoms with Crippen LogP contribution in [0.25, 0.3) is 0 Å². The molecule has 1 fully saturated rings. The molecule has 1 N–H and O–H groups in total. The summed E-state index contributed by atoms with van der Waals surface area (Å²) in [7, 11) is 3.11. The van der Waals surface area contributed by atoms with Gasteiger partial charge in [0, 0.05) is 19.5 Å². The molecular formula is C14H26N2O4. The fraction of sp³-hybridized carbons (Fsp3) is 0.857. The number of carbonyl (C=O) groups excluding carboxylic acids is 2. The average molecular weight is 286 g/mol. The fourth-order valence-electron chi connectivity index (χ4n) is 2.21. The van der Waals surface area contributed by atoms with Crippen molar-refractivity contribution in [2.45, 2.75) is 45.6 Å². The Kier molecular flexibility index (Phi) is 5.80. The van der Waals surface area contributed by atoms with Crippen LogP contribution >= 0.6 is 0 Å². The third-order valence-corrected chi connectivity index (χ3v) is 3.39. The number of hydrogen-bond donors (Lipinski definition) is 1. The predicted molar refractivity (Wildman–Crippen MR) is 74.8 cm³/mol. The van der Waals surface area contributed by atoms with E-state index in [0.717, 1.165) is 19.3 Å². The summed E-state index contributed by atoms with van der Waals surface area (Å²) in [6.07, 6.45) is 2.22. The zero-order chi connectivity index (χ0) is 15.3. The SMILES string of the molecule is CON(C)C(=O)C1CC(CCNC(=O)OC(C)(C)C)C1. The normalized spacial score (nSPS) is 21.9. The van der Waals surface area contributed by atoms with Gasteiger partial charge in [-0.25, -0.2) is 9.86 Å². The first-order valence-corrected chi connectivity index (χ1v) is 7.01. The van der Waals surface area contributed by atoms with Gasteiger partial charge in [-0.1, -0.05) is 0 Å². The Balaban J connectivity index is 2.12. The minimum Gasteiger partial charge on any atom is -0.444 e. The van der Waals surface area contributed by atoms with Crippen molar-refractivity contribution in [2.24, 2.45) is 11.8 Å². The summed E-state index contributed by atoms with van der Waals surface area (Å²) in [5.74, 6) is 0.583. The lowest BCUT2D eigenvalue weighted by Crippen LogP contribution is -2.40. The molecule has 1 saturated carbocycles. The van der Waals surface area contributed by atoms with Crippen molar-refractivity contribution in [2.75, 3.05) is 20.7 Å². The molecule has 2 amide bonds. The molecule has 0 saturated heterocycles. The topological polar surface area (TPSA) is 67.9 Å². The molecule has 0 unspecified atom stereocenters. The summed E-state index contributed by atoms with van der Waals surface area (Å²) in [4.78, 5) is 28.1. The molecule has 116 valence electrons. The van der Waals surface area contributed by atoms with Crippen LogP contribution in [-0.2, 0) is 14.4 Å². The summed E-state index contributed by atoms with van der Waals surface area (Å²) in [5.41, 5.74) is -0.469. The van der Waals surface area contributed by atoms with Gasteiger partial charge in [-0.15, -0.1) is 0 Å². The van der Waals surface area contributed by atoms with Gasteiger partial charge in [-0.3, -0.25) is 9.63 Å². The summed E-state index contributed by atoms with van der Waals surface area (Å²) in [6.45, 7) is 6.09. The van der Waals surface area contributed by atoms with Crippen LogP contribution in [0.4, 0.5) is 4.79 Å². The zero-order valence-electron chi connectivity index (χ0n) is 13.1. The quantitative estimate of drug-likeness (QED) is 0.784. The number of nitrogens with one attached hydrogen (secondary N) is 1. The van der Waals surface area contributed by atoms with Gasteiger partial charge in [-0.05, 0) is 46.0 Å². The molecule has 0 aromatic heterocycles. The number of nitrogens with zero attached hydrogens (tertiary/aromatic N) is 1. The van der Waals surface area contributed by atoms with Crippen LogP contribution in [0.5, 0.6) is 0 Å². The van der Waals surface area contributed by atoms with Crippen LogP contribution in [0.1, 0.15) is 40.0 Å². The Morgan fingerprint density at radius 1 is 1.30 bits per heavy atom. The minimum atomic E-state index is -0.469. The first-order valence-electron chi connectivity index (χ1n) is 7.01. The van der Waals surface area contributed by atoms with Gasteiger partial charge in [0.05, 0.1) is 7.11 Å². The Hall–Kier alpha value is -1.30. The van der Waals surface area contributed by atoms with E-state index < -0.39 is 5.60 Å². The lowest BCUT2D eigenvalue weighted by Gasteiger charge is -2.35. The number of amides is 2. The van der Waals surface area contributed by atoms with Crippen molar-refractivity contribution in [1.82, 2.24) is 10.4 Å². The van der Waals surface area contributed by atoms with Gasteiger partial charge < -0.3 is 10.1 Å². The van der Waals surface area contributed by atoms with E-state index in [1.54, 1.807) is 7.05 Å². The molecule has 0 aliphatic heterocycles. The van der Waals surface area contributed by atoms with Crippen LogP contribution in [0, 0.1) is 11.8 Å². The fourth-order valence-corrected chi connectivity index (χ4v) is 2.21. The van der Waals surface area contributed by atoms with E-state index in [9.17, 15) is 9.59 Å². The van der Waals surface area contributed by atoms with Crippen molar-refractivity contribution in [3.8, 4) is 0 Å². The van der Waals surface area contributed by atoms with Crippen molar-refractivity contribution >= 4 is 12.0 Å². The third kappa shape index (κ3) is 5.36. The molecule has 0 aromatic carbocycles. The number of alkyl carbamates (subject to hydrolysis) is 1. The molecule has 20 heavy (non-hydrogen) atoms. The van der Waals surface area contributed by atoms with E-state index in [2.05, 4.69) is 5.32 Å². The maximum absolute atomic E-state index is 11.8. The minimum absolute atomic E-state index is 0.0313. The van der Waals surface area contributed by atoms with E-state index in [-0.39, 0.29) is 17.9 Å². The van der Waals surface area contributed by atoms with E-state index in [0.29, 0.717) is 12.5 Å². The Labute approximate surface area is 120 Å². The van der Waals surface area contributed by atoms with Gasteiger partial charge in [0.1, 0.15) is 5.60 Å². The highest BCUT2D eigenvalue weighted by molar-refractivity contribution is 5.78. The van der Waals surface area contributed by atoms with Crippen LogP contribution in [0.15, 0.2) is 0 Å². The smallest absolute Gasteiger partial charge is 0.407 e. The highest BCUT2D eigenvalue weighted by Gasteiger charge is 2.35. The van der Waals surface area contributed by atoms with Gasteiger partial charge in [0.15, 0.2) is 0 Å². The molecule has 1 aliphatic rings. The Morgan fingerprint density at radius 2 is 1.90 bits per heavy atom.